The van der Waals surface area contributed by atoms with Crippen LogP contribution in [0.4, 0.5) is 0 Å². The Kier molecular flexibility index (Phi) is 16.7. The topological polar surface area (TPSA) is 20.2 Å². The summed E-state index contributed by atoms with van der Waals surface area (Å²) in [5, 5.41) is 10.2. The summed E-state index contributed by atoms with van der Waals surface area (Å²) in [6.07, 6.45) is 21.7. The Labute approximate surface area is 180 Å². The largest absolute Gasteiger partial charge is 0.508 e. The SMILES string of the molecule is CCCCCCCCCCSCc1cc(CCCCCCCCC)ccc1O. The van der Waals surface area contributed by atoms with E-state index in [2.05, 4.69) is 26.0 Å². The molecule has 2 heteroatoms. The maximum Gasteiger partial charge on any atom is 0.119 e. The Morgan fingerprint density at radius 3 is 1.82 bits per heavy atom. The van der Waals surface area contributed by atoms with Gasteiger partial charge in [-0.3, -0.25) is 0 Å². The lowest BCUT2D eigenvalue weighted by molar-refractivity contribution is 0.470. The smallest absolute Gasteiger partial charge is 0.119 e. The lowest BCUT2D eigenvalue weighted by Crippen LogP contribution is -1.91. The first-order valence-electron chi connectivity index (χ1n) is 12.2. The van der Waals surface area contributed by atoms with Gasteiger partial charge in [0.25, 0.3) is 0 Å². The molecule has 1 aromatic carbocycles. The summed E-state index contributed by atoms with van der Waals surface area (Å²) in [6.45, 7) is 4.55. The maximum absolute atomic E-state index is 10.2. The van der Waals surface area contributed by atoms with Crippen molar-refractivity contribution in [3.63, 3.8) is 0 Å². The van der Waals surface area contributed by atoms with Gasteiger partial charge in [-0.1, -0.05) is 109 Å². The van der Waals surface area contributed by atoms with Crippen LogP contribution in [0.5, 0.6) is 5.75 Å². The third-order valence-corrected chi connectivity index (χ3v) is 6.71. The molecule has 28 heavy (non-hydrogen) atoms. The molecule has 0 fully saturated rings. The summed E-state index contributed by atoms with van der Waals surface area (Å²) < 4.78 is 0. The second-order valence-corrected chi connectivity index (χ2v) is 9.47. The van der Waals surface area contributed by atoms with Gasteiger partial charge in [0, 0.05) is 11.3 Å². The predicted molar refractivity (Wildman–Crippen MR) is 129 cm³/mol. The van der Waals surface area contributed by atoms with Crippen molar-refractivity contribution in [2.24, 2.45) is 0 Å². The predicted octanol–water partition coefficient (Wildman–Crippen LogP) is 9.06. The van der Waals surface area contributed by atoms with Crippen LogP contribution in [0.25, 0.3) is 0 Å². The van der Waals surface area contributed by atoms with Crippen molar-refractivity contribution in [3.8, 4) is 5.75 Å². The summed E-state index contributed by atoms with van der Waals surface area (Å²) in [7, 11) is 0. The molecule has 0 unspecified atom stereocenters. The lowest BCUT2D eigenvalue weighted by atomic mass is 10.0. The van der Waals surface area contributed by atoms with E-state index in [9.17, 15) is 5.11 Å². The van der Waals surface area contributed by atoms with Gasteiger partial charge in [0.1, 0.15) is 5.75 Å². The number of rotatable bonds is 19. The summed E-state index contributed by atoms with van der Waals surface area (Å²) >= 11 is 1.98. The van der Waals surface area contributed by atoms with E-state index < -0.39 is 0 Å². The van der Waals surface area contributed by atoms with Gasteiger partial charge in [-0.2, -0.15) is 11.8 Å². The van der Waals surface area contributed by atoms with E-state index in [1.165, 1.54) is 108 Å². The summed E-state index contributed by atoms with van der Waals surface area (Å²) in [4.78, 5) is 0. The number of aromatic hydroxyl groups is 1. The van der Waals surface area contributed by atoms with Gasteiger partial charge in [-0.05, 0) is 36.6 Å². The quantitative estimate of drug-likeness (QED) is 0.231. The van der Waals surface area contributed by atoms with Crippen LogP contribution < -0.4 is 0 Å². The number of hydrogen-bond donors (Lipinski definition) is 1. The molecule has 1 N–H and O–H groups in total. The van der Waals surface area contributed by atoms with Crippen LogP contribution in [0.3, 0.4) is 0 Å². The Morgan fingerprint density at radius 2 is 1.21 bits per heavy atom. The van der Waals surface area contributed by atoms with Crippen molar-refractivity contribution >= 4 is 11.8 Å². The average Bonchev–Trinajstić information content (AvgIpc) is 2.70. The molecule has 0 saturated carbocycles. The second kappa shape index (κ2) is 18.4. The molecule has 0 heterocycles. The van der Waals surface area contributed by atoms with Crippen molar-refractivity contribution < 1.29 is 5.11 Å². The highest BCUT2D eigenvalue weighted by Crippen LogP contribution is 2.25. The molecule has 0 aromatic heterocycles. The van der Waals surface area contributed by atoms with Gasteiger partial charge in [0.05, 0.1) is 0 Å². The molecule has 0 aliphatic heterocycles. The van der Waals surface area contributed by atoms with Gasteiger partial charge < -0.3 is 5.11 Å². The van der Waals surface area contributed by atoms with Crippen molar-refractivity contribution in [2.75, 3.05) is 5.75 Å². The van der Waals surface area contributed by atoms with Crippen molar-refractivity contribution in [3.05, 3.63) is 29.3 Å². The van der Waals surface area contributed by atoms with E-state index in [4.69, 9.17) is 0 Å². The molecule has 1 aromatic rings. The fourth-order valence-electron chi connectivity index (χ4n) is 3.72. The van der Waals surface area contributed by atoms with Gasteiger partial charge in [-0.25, -0.2) is 0 Å². The van der Waals surface area contributed by atoms with Crippen LogP contribution in [0.2, 0.25) is 0 Å². The number of unbranched alkanes of at least 4 members (excludes halogenated alkanes) is 13. The Bertz CT molecular complexity index is 472. The monoisotopic (exact) mass is 406 g/mol. The molecule has 0 saturated heterocycles. The number of phenolic OH excluding ortho intramolecular Hbond substituents is 1. The molecule has 0 atom stereocenters. The molecular formula is C26H46OS. The van der Waals surface area contributed by atoms with Gasteiger partial charge in [-0.15, -0.1) is 0 Å². The number of hydrogen-bond acceptors (Lipinski definition) is 2. The summed E-state index contributed by atoms with van der Waals surface area (Å²) in [5.74, 6) is 2.65. The summed E-state index contributed by atoms with van der Waals surface area (Å²) in [5.41, 5.74) is 2.53. The standard InChI is InChI=1S/C26H46OS/c1-3-5-7-9-11-13-15-17-21-28-23-25-22-24(19-20-26(25)27)18-16-14-12-10-8-6-4-2/h19-20,22,27H,3-18,21,23H2,1-2H3. The normalized spacial score (nSPS) is 11.2. The van der Waals surface area contributed by atoms with E-state index in [1.54, 1.807) is 0 Å². The zero-order valence-corrected chi connectivity index (χ0v) is 19.6. The molecule has 1 rings (SSSR count). The van der Waals surface area contributed by atoms with E-state index in [1.807, 2.05) is 17.8 Å². The molecular weight excluding hydrogens is 360 g/mol. The molecule has 0 spiro atoms. The lowest BCUT2D eigenvalue weighted by Gasteiger charge is -2.08. The molecule has 0 bridgehead atoms. The molecule has 0 aliphatic carbocycles. The van der Waals surface area contributed by atoms with Crippen molar-refractivity contribution in [2.45, 2.75) is 122 Å². The Hall–Kier alpha value is -0.630. The van der Waals surface area contributed by atoms with Gasteiger partial charge in [0.2, 0.25) is 0 Å². The zero-order chi connectivity index (χ0) is 20.3. The molecule has 0 aliphatic rings. The van der Waals surface area contributed by atoms with Crippen LogP contribution in [0, 0.1) is 0 Å². The number of benzene rings is 1. The first kappa shape index (κ1) is 25.4. The molecule has 162 valence electrons. The molecule has 0 radical (unpaired) electrons. The number of phenols is 1. The third-order valence-electron chi connectivity index (χ3n) is 5.61. The van der Waals surface area contributed by atoms with Crippen LogP contribution in [-0.4, -0.2) is 10.9 Å². The first-order chi connectivity index (χ1) is 13.8. The van der Waals surface area contributed by atoms with Crippen LogP contribution in [-0.2, 0) is 12.2 Å². The molecule has 0 amide bonds. The third kappa shape index (κ3) is 13.5. The highest BCUT2D eigenvalue weighted by atomic mass is 32.2. The Morgan fingerprint density at radius 1 is 0.679 bits per heavy atom. The number of thioether (sulfide) groups is 1. The molecule has 1 nitrogen and oxygen atoms in total. The van der Waals surface area contributed by atoms with Crippen LogP contribution in [0.1, 0.15) is 121 Å². The zero-order valence-electron chi connectivity index (χ0n) is 18.8. The highest BCUT2D eigenvalue weighted by Gasteiger charge is 2.04. The van der Waals surface area contributed by atoms with Crippen LogP contribution in [0.15, 0.2) is 18.2 Å². The highest BCUT2D eigenvalue weighted by molar-refractivity contribution is 7.98. The fraction of sp³-hybridized carbons (Fsp3) is 0.769. The minimum atomic E-state index is 0.478. The number of aryl methyl sites for hydroxylation is 1. The van der Waals surface area contributed by atoms with E-state index in [0.717, 1.165) is 17.7 Å². The van der Waals surface area contributed by atoms with Crippen molar-refractivity contribution in [1.29, 1.82) is 0 Å². The van der Waals surface area contributed by atoms with E-state index in [0.29, 0.717) is 5.75 Å². The minimum Gasteiger partial charge on any atom is -0.508 e. The summed E-state index contributed by atoms with van der Waals surface area (Å²) in [6, 6.07) is 6.26. The van der Waals surface area contributed by atoms with Gasteiger partial charge in [0.15, 0.2) is 0 Å². The van der Waals surface area contributed by atoms with Gasteiger partial charge >= 0.3 is 0 Å². The van der Waals surface area contributed by atoms with Crippen LogP contribution >= 0.6 is 11.8 Å². The first-order valence-corrected chi connectivity index (χ1v) is 13.3. The van der Waals surface area contributed by atoms with Crippen molar-refractivity contribution in [1.82, 2.24) is 0 Å². The van der Waals surface area contributed by atoms with E-state index in [-0.39, 0.29) is 0 Å². The Balaban J connectivity index is 2.10. The fourth-order valence-corrected chi connectivity index (χ4v) is 4.72. The maximum atomic E-state index is 10.2. The minimum absolute atomic E-state index is 0.478. The average molecular weight is 407 g/mol. The van der Waals surface area contributed by atoms with E-state index >= 15 is 0 Å². The second-order valence-electron chi connectivity index (χ2n) is 8.36.